The molecule has 2 nitrogen and oxygen atoms in total. The van der Waals surface area contributed by atoms with E-state index in [2.05, 4.69) is 6.07 Å². The van der Waals surface area contributed by atoms with Crippen molar-refractivity contribution in [2.75, 3.05) is 0 Å². The molecule has 2 rings (SSSR count). The highest BCUT2D eigenvalue weighted by atomic mass is 16.3. The zero-order chi connectivity index (χ0) is 11.0. The Morgan fingerprint density at radius 1 is 1.33 bits per heavy atom. The Balaban J connectivity index is 2.80. The molecule has 15 heavy (non-hydrogen) atoms. The average Bonchev–Trinajstić information content (AvgIpc) is 2.54. The summed E-state index contributed by atoms with van der Waals surface area (Å²) in [5.74, 6) is 0.924. The van der Waals surface area contributed by atoms with Gasteiger partial charge < -0.3 is 9.52 Å². The predicted octanol–water partition coefficient (Wildman–Crippen LogP) is 1.92. The van der Waals surface area contributed by atoms with Gasteiger partial charge in [-0.25, -0.2) is 0 Å². The average molecular weight is 201 g/mol. The minimum absolute atomic E-state index is 0.0184. The Hall–Kier alpha value is -1.22. The molecule has 3 heteroatoms. The third-order valence-corrected chi connectivity index (χ3v) is 2.88. The monoisotopic (exact) mass is 201 g/mol. The molecular formula is C12H14BO2. The highest BCUT2D eigenvalue weighted by molar-refractivity contribution is 6.52. The van der Waals surface area contributed by atoms with Crippen molar-refractivity contribution in [3.63, 3.8) is 0 Å². The first-order chi connectivity index (χ1) is 7.17. The Labute approximate surface area is 90.1 Å². The summed E-state index contributed by atoms with van der Waals surface area (Å²) in [5, 5.41) is 10.4. The van der Waals surface area contributed by atoms with Crippen LogP contribution in [0.15, 0.2) is 16.5 Å². The van der Waals surface area contributed by atoms with E-state index in [0.717, 1.165) is 33.3 Å². The van der Waals surface area contributed by atoms with Crippen LogP contribution in [0.1, 0.15) is 16.9 Å². The molecule has 2 aromatic rings. The number of hydrogen-bond acceptors (Lipinski definition) is 2. The molecule has 0 aliphatic heterocycles. The molecule has 0 unspecified atom stereocenters. The van der Waals surface area contributed by atoms with Crippen molar-refractivity contribution < 1.29 is 9.52 Å². The third kappa shape index (κ3) is 1.57. The van der Waals surface area contributed by atoms with Crippen molar-refractivity contribution in [1.29, 1.82) is 0 Å². The van der Waals surface area contributed by atoms with Crippen LogP contribution in [0.4, 0.5) is 0 Å². The number of hydrogen-bond donors (Lipinski definition) is 1. The molecule has 1 aromatic carbocycles. The van der Waals surface area contributed by atoms with Gasteiger partial charge in [0, 0.05) is 10.9 Å². The summed E-state index contributed by atoms with van der Waals surface area (Å²) in [6, 6.07) is 4.06. The fraction of sp³-hybridized carbons (Fsp3) is 0.333. The maximum atomic E-state index is 9.28. The lowest BCUT2D eigenvalue weighted by molar-refractivity contribution is 0.281. The number of aliphatic hydroxyl groups excluding tert-OH is 1. The van der Waals surface area contributed by atoms with Crippen LogP contribution in [0.25, 0.3) is 11.0 Å². The van der Waals surface area contributed by atoms with Crippen molar-refractivity contribution in [2.45, 2.75) is 27.3 Å². The van der Waals surface area contributed by atoms with Crippen molar-refractivity contribution in [1.82, 2.24) is 0 Å². The normalized spacial score (nSPS) is 10.9. The number of aliphatic hydroxyl groups is 1. The lowest BCUT2D eigenvalue weighted by Gasteiger charge is -2.02. The van der Waals surface area contributed by atoms with Crippen molar-refractivity contribution in [2.24, 2.45) is 0 Å². The number of furan rings is 1. The molecular weight excluding hydrogens is 187 g/mol. The topological polar surface area (TPSA) is 33.4 Å². The first kappa shape index (κ1) is 10.3. The first-order valence-electron chi connectivity index (χ1n) is 5.10. The smallest absolute Gasteiger partial charge is 0.148 e. The summed E-state index contributed by atoms with van der Waals surface area (Å²) >= 11 is 0. The standard InChI is InChI=1S/C12H14BO2/c1-7-8(2)15-12-9(6-14)4-10(13-3)5-11(7)12/h4-5,14H,6H2,1-3H3. The van der Waals surface area contributed by atoms with E-state index in [9.17, 15) is 5.11 Å². The molecule has 0 saturated heterocycles. The summed E-state index contributed by atoms with van der Waals surface area (Å²) in [5.41, 5.74) is 3.95. The van der Waals surface area contributed by atoms with Crippen LogP contribution in [0.5, 0.6) is 0 Å². The molecule has 0 aliphatic carbocycles. The number of rotatable bonds is 2. The molecule has 0 fully saturated rings. The number of benzene rings is 1. The fourth-order valence-electron chi connectivity index (χ4n) is 1.82. The minimum Gasteiger partial charge on any atom is -0.461 e. The molecule has 0 spiro atoms. The molecule has 0 amide bonds. The number of aryl methyl sites for hydroxylation is 2. The zero-order valence-electron chi connectivity index (χ0n) is 9.29. The van der Waals surface area contributed by atoms with Gasteiger partial charge in [0.2, 0.25) is 0 Å². The SMILES string of the molecule is C[B]c1cc(CO)c2oc(C)c(C)c2c1. The van der Waals surface area contributed by atoms with Gasteiger partial charge in [0.1, 0.15) is 18.6 Å². The second-order valence-corrected chi connectivity index (χ2v) is 3.79. The van der Waals surface area contributed by atoms with Crippen molar-refractivity contribution in [3.8, 4) is 0 Å². The van der Waals surface area contributed by atoms with Crippen molar-refractivity contribution in [3.05, 3.63) is 29.0 Å². The molecule has 1 N–H and O–H groups in total. The molecule has 0 aliphatic rings. The van der Waals surface area contributed by atoms with Gasteiger partial charge >= 0.3 is 0 Å². The summed E-state index contributed by atoms with van der Waals surface area (Å²) in [4.78, 5) is 0. The van der Waals surface area contributed by atoms with Crippen LogP contribution in [-0.2, 0) is 6.61 Å². The second kappa shape index (κ2) is 3.74. The Morgan fingerprint density at radius 3 is 2.67 bits per heavy atom. The molecule has 1 heterocycles. The van der Waals surface area contributed by atoms with Gasteiger partial charge in [-0.05, 0) is 19.4 Å². The van der Waals surface area contributed by atoms with Gasteiger partial charge in [0.05, 0.1) is 6.61 Å². The third-order valence-electron chi connectivity index (χ3n) is 2.88. The van der Waals surface area contributed by atoms with Crippen molar-refractivity contribution >= 4 is 23.7 Å². The van der Waals surface area contributed by atoms with Crippen LogP contribution in [-0.4, -0.2) is 12.4 Å². The molecule has 1 aromatic heterocycles. The predicted molar refractivity (Wildman–Crippen MR) is 62.9 cm³/mol. The van der Waals surface area contributed by atoms with Gasteiger partial charge in [-0.3, -0.25) is 0 Å². The van der Waals surface area contributed by atoms with Crippen LogP contribution in [0, 0.1) is 13.8 Å². The van der Waals surface area contributed by atoms with E-state index in [4.69, 9.17) is 4.42 Å². The van der Waals surface area contributed by atoms with E-state index in [0.29, 0.717) is 0 Å². The second-order valence-electron chi connectivity index (χ2n) is 3.79. The molecule has 0 saturated carbocycles. The maximum absolute atomic E-state index is 9.28. The quantitative estimate of drug-likeness (QED) is 0.753. The van der Waals surface area contributed by atoms with Crippen LogP contribution in [0.2, 0.25) is 6.82 Å². The first-order valence-corrected chi connectivity index (χ1v) is 5.10. The Bertz CT molecular complexity index is 500. The molecule has 1 radical (unpaired) electrons. The van der Waals surface area contributed by atoms with E-state index in [-0.39, 0.29) is 6.61 Å². The van der Waals surface area contributed by atoms with E-state index >= 15 is 0 Å². The molecule has 77 valence electrons. The van der Waals surface area contributed by atoms with Gasteiger partial charge in [-0.15, -0.1) is 0 Å². The van der Waals surface area contributed by atoms with Gasteiger partial charge in [-0.1, -0.05) is 24.4 Å². The maximum Gasteiger partial charge on any atom is 0.148 e. The highest BCUT2D eigenvalue weighted by Gasteiger charge is 2.11. The largest absolute Gasteiger partial charge is 0.461 e. The van der Waals surface area contributed by atoms with E-state index in [1.165, 1.54) is 0 Å². The molecule has 0 atom stereocenters. The zero-order valence-corrected chi connectivity index (χ0v) is 9.29. The Morgan fingerprint density at radius 2 is 2.07 bits per heavy atom. The van der Waals surface area contributed by atoms with Gasteiger partial charge in [-0.2, -0.15) is 0 Å². The van der Waals surface area contributed by atoms with E-state index in [1.807, 2.05) is 34.0 Å². The van der Waals surface area contributed by atoms with Gasteiger partial charge in [0.15, 0.2) is 0 Å². The lowest BCUT2D eigenvalue weighted by Crippen LogP contribution is -2.11. The summed E-state index contributed by atoms with van der Waals surface area (Å²) in [7, 11) is 2.03. The van der Waals surface area contributed by atoms with Crippen LogP contribution >= 0.6 is 0 Å². The molecule has 0 bridgehead atoms. The lowest BCUT2D eigenvalue weighted by atomic mass is 9.72. The minimum atomic E-state index is 0.0184. The highest BCUT2D eigenvalue weighted by Crippen LogP contribution is 2.26. The Kier molecular flexibility index (Phi) is 2.57. The summed E-state index contributed by atoms with van der Waals surface area (Å²) in [6.07, 6.45) is 0. The van der Waals surface area contributed by atoms with Gasteiger partial charge in [0.25, 0.3) is 0 Å². The number of fused-ring (bicyclic) bond motifs is 1. The van der Waals surface area contributed by atoms with E-state index in [1.54, 1.807) is 0 Å². The van der Waals surface area contributed by atoms with Crippen LogP contribution in [0.3, 0.4) is 0 Å². The van der Waals surface area contributed by atoms with Crippen LogP contribution < -0.4 is 5.46 Å². The van der Waals surface area contributed by atoms with E-state index < -0.39 is 0 Å². The summed E-state index contributed by atoms with van der Waals surface area (Å²) in [6.45, 7) is 6.00. The summed E-state index contributed by atoms with van der Waals surface area (Å²) < 4.78 is 5.65. The fourth-order valence-corrected chi connectivity index (χ4v) is 1.82.